The molecule has 0 saturated carbocycles. The van der Waals surface area contributed by atoms with Gasteiger partial charge in [-0.05, 0) is 27.2 Å². The molecule has 2 N–H and O–H groups in total. The maximum absolute atomic E-state index is 9.13. The van der Waals surface area contributed by atoms with E-state index in [4.69, 9.17) is 5.11 Å². The fourth-order valence-electron chi connectivity index (χ4n) is 1.76. The van der Waals surface area contributed by atoms with E-state index < -0.39 is 0 Å². The van der Waals surface area contributed by atoms with Crippen LogP contribution in [0, 0.1) is 6.92 Å². The summed E-state index contributed by atoms with van der Waals surface area (Å²) in [5, 5.41) is 12.3. The van der Waals surface area contributed by atoms with Crippen molar-refractivity contribution in [2.45, 2.75) is 40.2 Å². The van der Waals surface area contributed by atoms with Gasteiger partial charge in [0.05, 0.1) is 6.61 Å². The molecule has 0 aromatic carbocycles. The highest BCUT2D eigenvalue weighted by Gasteiger charge is 2.13. The number of rotatable bonds is 7. The van der Waals surface area contributed by atoms with Crippen LogP contribution in [-0.2, 0) is 0 Å². The predicted octanol–water partition coefficient (Wildman–Crippen LogP) is 1.81. The van der Waals surface area contributed by atoms with Crippen molar-refractivity contribution in [1.82, 2.24) is 9.97 Å². The van der Waals surface area contributed by atoms with Crippen molar-refractivity contribution >= 4 is 11.8 Å². The Bertz CT molecular complexity index is 368. The highest BCUT2D eigenvalue weighted by molar-refractivity contribution is 5.45. The van der Waals surface area contributed by atoms with Crippen LogP contribution in [0.3, 0.4) is 0 Å². The smallest absolute Gasteiger partial charge is 0.224 e. The minimum atomic E-state index is 0.124. The third-order valence-electron chi connectivity index (χ3n) is 2.63. The van der Waals surface area contributed by atoms with E-state index in [-0.39, 0.29) is 6.61 Å². The molecule has 5 heteroatoms. The summed E-state index contributed by atoms with van der Waals surface area (Å²) in [5.41, 5.74) is 0.933. The number of aromatic nitrogens is 2. The molecular formula is C13H24N4O. The molecule has 0 radical (unpaired) electrons. The van der Waals surface area contributed by atoms with Crippen molar-refractivity contribution < 1.29 is 5.11 Å². The maximum Gasteiger partial charge on any atom is 0.224 e. The van der Waals surface area contributed by atoms with Crippen LogP contribution in [0.2, 0.25) is 0 Å². The van der Waals surface area contributed by atoms with Gasteiger partial charge in [-0.1, -0.05) is 6.92 Å². The molecule has 0 aliphatic heterocycles. The van der Waals surface area contributed by atoms with Gasteiger partial charge in [-0.15, -0.1) is 0 Å². The molecule has 1 aromatic rings. The van der Waals surface area contributed by atoms with Crippen LogP contribution in [-0.4, -0.2) is 40.8 Å². The Labute approximate surface area is 109 Å². The first kappa shape index (κ1) is 14.7. The molecule has 0 unspecified atom stereocenters. The molecule has 0 bridgehead atoms. The number of aryl methyl sites for hydroxylation is 1. The number of anilines is 2. The molecule has 0 saturated heterocycles. The third-order valence-corrected chi connectivity index (χ3v) is 2.63. The van der Waals surface area contributed by atoms with Crippen LogP contribution >= 0.6 is 0 Å². The first-order chi connectivity index (χ1) is 8.58. The van der Waals surface area contributed by atoms with Gasteiger partial charge in [0.1, 0.15) is 5.82 Å². The Morgan fingerprint density at radius 2 is 2.11 bits per heavy atom. The van der Waals surface area contributed by atoms with Crippen molar-refractivity contribution in [2.24, 2.45) is 0 Å². The average Bonchev–Trinajstić information content (AvgIpc) is 2.32. The molecule has 0 aliphatic carbocycles. The fourth-order valence-corrected chi connectivity index (χ4v) is 1.76. The number of aliphatic hydroxyl groups is 1. The highest BCUT2D eigenvalue weighted by atomic mass is 16.3. The molecule has 102 valence electrons. The van der Waals surface area contributed by atoms with E-state index in [1.54, 1.807) is 0 Å². The number of nitrogens with one attached hydrogen (secondary N) is 1. The summed E-state index contributed by atoms with van der Waals surface area (Å²) in [6.07, 6.45) is 1.04. The van der Waals surface area contributed by atoms with E-state index in [2.05, 4.69) is 41.0 Å². The lowest BCUT2D eigenvalue weighted by Gasteiger charge is -2.27. The molecule has 1 aromatic heterocycles. The van der Waals surface area contributed by atoms with Gasteiger partial charge in [0.2, 0.25) is 5.95 Å². The largest absolute Gasteiger partial charge is 0.395 e. The Morgan fingerprint density at radius 3 is 2.67 bits per heavy atom. The van der Waals surface area contributed by atoms with Gasteiger partial charge in [0, 0.05) is 30.9 Å². The topological polar surface area (TPSA) is 61.3 Å². The minimum absolute atomic E-state index is 0.124. The van der Waals surface area contributed by atoms with Crippen LogP contribution < -0.4 is 10.2 Å². The summed E-state index contributed by atoms with van der Waals surface area (Å²) < 4.78 is 0. The van der Waals surface area contributed by atoms with Crippen molar-refractivity contribution in [2.75, 3.05) is 29.9 Å². The van der Waals surface area contributed by atoms with Gasteiger partial charge < -0.3 is 15.3 Å². The van der Waals surface area contributed by atoms with Gasteiger partial charge in [0.25, 0.3) is 0 Å². The molecule has 0 spiro atoms. The summed E-state index contributed by atoms with van der Waals surface area (Å²) in [4.78, 5) is 10.9. The van der Waals surface area contributed by atoms with Crippen molar-refractivity contribution in [1.29, 1.82) is 0 Å². The van der Waals surface area contributed by atoms with Gasteiger partial charge in [0.15, 0.2) is 0 Å². The third kappa shape index (κ3) is 4.14. The highest BCUT2D eigenvalue weighted by Crippen LogP contribution is 2.17. The van der Waals surface area contributed by atoms with Crippen LogP contribution in [0.15, 0.2) is 6.07 Å². The van der Waals surface area contributed by atoms with Crippen molar-refractivity contribution in [3.63, 3.8) is 0 Å². The zero-order chi connectivity index (χ0) is 13.5. The summed E-state index contributed by atoms with van der Waals surface area (Å²) in [7, 11) is 0. The second-order valence-corrected chi connectivity index (χ2v) is 4.63. The van der Waals surface area contributed by atoms with E-state index in [1.165, 1.54) is 0 Å². The zero-order valence-electron chi connectivity index (χ0n) is 11.8. The van der Waals surface area contributed by atoms with E-state index in [1.807, 2.05) is 13.0 Å². The SMILES string of the molecule is CCCNc1nc(C)cc(N(CCO)C(C)C)n1. The number of hydrogen-bond donors (Lipinski definition) is 2. The summed E-state index contributed by atoms with van der Waals surface area (Å²) in [6.45, 7) is 9.82. The second kappa shape index (κ2) is 7.16. The minimum Gasteiger partial charge on any atom is -0.395 e. The molecule has 0 fully saturated rings. The standard InChI is InChI=1S/C13H24N4O/c1-5-6-14-13-15-11(4)9-12(16-13)17(7-8-18)10(2)3/h9-10,18H,5-8H2,1-4H3,(H,14,15,16). The van der Waals surface area contributed by atoms with Gasteiger partial charge in [-0.2, -0.15) is 4.98 Å². The van der Waals surface area contributed by atoms with Gasteiger partial charge in [-0.3, -0.25) is 0 Å². The Hall–Kier alpha value is -1.36. The maximum atomic E-state index is 9.13. The van der Waals surface area contributed by atoms with E-state index in [0.717, 1.165) is 24.5 Å². The number of hydrogen-bond acceptors (Lipinski definition) is 5. The number of aliphatic hydroxyl groups excluding tert-OH is 1. The predicted molar refractivity (Wildman–Crippen MR) is 75.1 cm³/mol. The first-order valence-corrected chi connectivity index (χ1v) is 6.55. The Morgan fingerprint density at radius 1 is 1.39 bits per heavy atom. The van der Waals surface area contributed by atoms with Crippen LogP contribution in [0.5, 0.6) is 0 Å². The molecule has 0 amide bonds. The lowest BCUT2D eigenvalue weighted by Crippen LogP contribution is -2.34. The first-order valence-electron chi connectivity index (χ1n) is 6.55. The molecule has 0 atom stereocenters. The second-order valence-electron chi connectivity index (χ2n) is 4.63. The quantitative estimate of drug-likeness (QED) is 0.775. The zero-order valence-corrected chi connectivity index (χ0v) is 11.8. The van der Waals surface area contributed by atoms with Crippen LogP contribution in [0.1, 0.15) is 32.9 Å². The van der Waals surface area contributed by atoms with Crippen LogP contribution in [0.4, 0.5) is 11.8 Å². The van der Waals surface area contributed by atoms with Crippen LogP contribution in [0.25, 0.3) is 0 Å². The lowest BCUT2D eigenvalue weighted by atomic mass is 10.3. The molecular weight excluding hydrogens is 228 g/mol. The monoisotopic (exact) mass is 252 g/mol. The Balaban J connectivity index is 2.95. The molecule has 1 rings (SSSR count). The summed E-state index contributed by atoms with van der Waals surface area (Å²) in [6, 6.07) is 2.25. The molecule has 0 aliphatic rings. The summed E-state index contributed by atoms with van der Waals surface area (Å²) >= 11 is 0. The molecule has 1 heterocycles. The number of nitrogens with zero attached hydrogens (tertiary/aromatic N) is 3. The molecule has 18 heavy (non-hydrogen) atoms. The normalized spacial score (nSPS) is 10.8. The Kier molecular flexibility index (Phi) is 5.85. The average molecular weight is 252 g/mol. The lowest BCUT2D eigenvalue weighted by molar-refractivity contribution is 0.298. The van der Waals surface area contributed by atoms with Crippen molar-refractivity contribution in [3.8, 4) is 0 Å². The van der Waals surface area contributed by atoms with E-state index in [9.17, 15) is 0 Å². The fraction of sp³-hybridized carbons (Fsp3) is 0.692. The molecule has 5 nitrogen and oxygen atoms in total. The van der Waals surface area contributed by atoms with Gasteiger partial charge in [-0.25, -0.2) is 4.98 Å². The van der Waals surface area contributed by atoms with E-state index in [0.29, 0.717) is 18.5 Å². The van der Waals surface area contributed by atoms with E-state index >= 15 is 0 Å². The van der Waals surface area contributed by atoms with Crippen molar-refractivity contribution in [3.05, 3.63) is 11.8 Å². The summed E-state index contributed by atoms with van der Waals surface area (Å²) in [5.74, 6) is 1.53. The van der Waals surface area contributed by atoms with Gasteiger partial charge >= 0.3 is 0 Å².